The molecule has 2 atom stereocenters. The largest absolute Gasteiger partial charge is 0.395 e. The number of aliphatic hydroxyl groups excluding tert-OH is 3. The molecule has 130 valence electrons. The van der Waals surface area contributed by atoms with E-state index in [1.54, 1.807) is 0 Å². The van der Waals surface area contributed by atoms with E-state index in [1.165, 1.54) is 0 Å². The second-order valence-electron chi connectivity index (χ2n) is 5.79. The van der Waals surface area contributed by atoms with Crippen molar-refractivity contribution in [2.24, 2.45) is 0 Å². The van der Waals surface area contributed by atoms with Gasteiger partial charge < -0.3 is 15.3 Å². The highest BCUT2D eigenvalue weighted by Crippen LogP contribution is 2.07. The Bertz CT molecular complexity index is 266. The van der Waals surface area contributed by atoms with Crippen molar-refractivity contribution in [3.05, 3.63) is 24.3 Å². The van der Waals surface area contributed by atoms with Crippen molar-refractivity contribution in [1.82, 2.24) is 4.90 Å². The minimum atomic E-state index is -0.396. The standard InChI is InChI=1S/C18H35NO3/c1-3-5-7-9-11-17(21)15-19(13-14-20)16-18(22)12-10-8-6-4-2/h3-6,17-18,20-22H,7-16H2,1-2H3/b5-3+,6-4+. The fourth-order valence-electron chi connectivity index (χ4n) is 2.45. The van der Waals surface area contributed by atoms with Crippen molar-refractivity contribution in [2.45, 2.75) is 64.6 Å². The van der Waals surface area contributed by atoms with E-state index in [9.17, 15) is 10.2 Å². The Labute approximate surface area is 136 Å². The van der Waals surface area contributed by atoms with E-state index in [0.717, 1.165) is 38.5 Å². The fourth-order valence-corrected chi connectivity index (χ4v) is 2.45. The van der Waals surface area contributed by atoms with Crippen molar-refractivity contribution in [3.8, 4) is 0 Å². The van der Waals surface area contributed by atoms with Crippen molar-refractivity contribution in [2.75, 3.05) is 26.2 Å². The van der Waals surface area contributed by atoms with Crippen molar-refractivity contribution >= 4 is 0 Å². The zero-order valence-corrected chi connectivity index (χ0v) is 14.3. The highest BCUT2D eigenvalue weighted by molar-refractivity contribution is 4.78. The first kappa shape index (κ1) is 21.3. The number of hydrogen-bond donors (Lipinski definition) is 3. The maximum Gasteiger partial charge on any atom is 0.0667 e. The van der Waals surface area contributed by atoms with Crippen LogP contribution in [0.25, 0.3) is 0 Å². The van der Waals surface area contributed by atoms with Crippen LogP contribution < -0.4 is 0 Å². The Morgan fingerprint density at radius 3 is 1.68 bits per heavy atom. The average molecular weight is 313 g/mol. The minimum absolute atomic E-state index is 0.0522. The van der Waals surface area contributed by atoms with Crippen LogP contribution in [-0.2, 0) is 0 Å². The second kappa shape index (κ2) is 15.2. The lowest BCUT2D eigenvalue weighted by molar-refractivity contribution is 0.0526. The van der Waals surface area contributed by atoms with Gasteiger partial charge in [-0.1, -0.05) is 24.3 Å². The minimum Gasteiger partial charge on any atom is -0.395 e. The zero-order valence-electron chi connectivity index (χ0n) is 14.3. The quantitative estimate of drug-likeness (QED) is 0.340. The molecule has 0 bridgehead atoms. The predicted octanol–water partition coefficient (Wildman–Crippen LogP) is 2.50. The summed E-state index contributed by atoms with van der Waals surface area (Å²) in [6.07, 6.45) is 12.9. The van der Waals surface area contributed by atoms with Gasteiger partial charge in [-0.05, 0) is 52.4 Å². The van der Waals surface area contributed by atoms with Gasteiger partial charge in [0.2, 0.25) is 0 Å². The van der Waals surface area contributed by atoms with Crippen LogP contribution in [0.2, 0.25) is 0 Å². The van der Waals surface area contributed by atoms with Crippen molar-refractivity contribution in [3.63, 3.8) is 0 Å². The van der Waals surface area contributed by atoms with Crippen LogP contribution in [0.5, 0.6) is 0 Å². The molecule has 0 aliphatic rings. The van der Waals surface area contributed by atoms with Gasteiger partial charge in [0, 0.05) is 19.6 Å². The summed E-state index contributed by atoms with van der Waals surface area (Å²) in [7, 11) is 0. The molecule has 0 aromatic carbocycles. The van der Waals surface area contributed by atoms with Crippen LogP contribution in [-0.4, -0.2) is 58.7 Å². The molecule has 0 aliphatic carbocycles. The third-order valence-electron chi connectivity index (χ3n) is 3.64. The predicted molar refractivity (Wildman–Crippen MR) is 92.9 cm³/mol. The smallest absolute Gasteiger partial charge is 0.0667 e. The molecular formula is C18H35NO3. The maximum atomic E-state index is 10.1. The third kappa shape index (κ3) is 13.0. The van der Waals surface area contributed by atoms with Gasteiger partial charge in [0.05, 0.1) is 18.8 Å². The maximum absolute atomic E-state index is 10.1. The van der Waals surface area contributed by atoms with Crippen molar-refractivity contribution in [1.29, 1.82) is 0 Å². The Kier molecular flexibility index (Phi) is 14.8. The van der Waals surface area contributed by atoms with E-state index in [-0.39, 0.29) is 6.61 Å². The van der Waals surface area contributed by atoms with Gasteiger partial charge >= 0.3 is 0 Å². The summed E-state index contributed by atoms with van der Waals surface area (Å²) in [5, 5.41) is 29.3. The number of hydrogen-bond acceptors (Lipinski definition) is 4. The zero-order chi connectivity index (χ0) is 16.6. The summed E-state index contributed by atoms with van der Waals surface area (Å²) in [5.41, 5.74) is 0. The number of nitrogens with zero attached hydrogens (tertiary/aromatic N) is 1. The van der Waals surface area contributed by atoms with Gasteiger partial charge in [-0.25, -0.2) is 0 Å². The topological polar surface area (TPSA) is 63.9 Å². The number of unbranched alkanes of at least 4 members (excludes halogenated alkanes) is 2. The van der Waals surface area contributed by atoms with Gasteiger partial charge in [0.1, 0.15) is 0 Å². The molecular weight excluding hydrogens is 278 g/mol. The third-order valence-corrected chi connectivity index (χ3v) is 3.64. The van der Waals surface area contributed by atoms with E-state index < -0.39 is 12.2 Å². The summed E-state index contributed by atoms with van der Waals surface area (Å²) in [5.74, 6) is 0. The summed E-state index contributed by atoms with van der Waals surface area (Å²) < 4.78 is 0. The van der Waals surface area contributed by atoms with Crippen LogP contribution >= 0.6 is 0 Å². The van der Waals surface area contributed by atoms with E-state index in [0.29, 0.717) is 19.6 Å². The van der Waals surface area contributed by atoms with Crippen LogP contribution in [0, 0.1) is 0 Å². The first-order valence-electron chi connectivity index (χ1n) is 8.55. The van der Waals surface area contributed by atoms with E-state index in [4.69, 9.17) is 5.11 Å². The van der Waals surface area contributed by atoms with Gasteiger partial charge in [0.15, 0.2) is 0 Å². The Hall–Kier alpha value is -0.680. The summed E-state index contributed by atoms with van der Waals surface area (Å²) >= 11 is 0. The number of aliphatic hydroxyl groups is 3. The van der Waals surface area contributed by atoms with Crippen LogP contribution in [0.3, 0.4) is 0 Å². The molecule has 0 heterocycles. The van der Waals surface area contributed by atoms with E-state index in [1.807, 2.05) is 30.9 Å². The lowest BCUT2D eigenvalue weighted by Crippen LogP contribution is -2.39. The first-order chi connectivity index (χ1) is 10.6. The van der Waals surface area contributed by atoms with E-state index >= 15 is 0 Å². The first-order valence-corrected chi connectivity index (χ1v) is 8.55. The molecule has 0 aromatic heterocycles. The molecule has 3 N–H and O–H groups in total. The van der Waals surface area contributed by atoms with Crippen LogP contribution in [0.15, 0.2) is 24.3 Å². The normalized spacial score (nSPS) is 15.2. The molecule has 0 saturated heterocycles. The Morgan fingerprint density at radius 1 is 0.864 bits per heavy atom. The molecule has 0 radical (unpaired) electrons. The molecule has 0 rings (SSSR count). The van der Waals surface area contributed by atoms with Gasteiger partial charge in [0.25, 0.3) is 0 Å². The molecule has 4 heteroatoms. The monoisotopic (exact) mass is 313 g/mol. The Balaban J connectivity index is 4.01. The van der Waals surface area contributed by atoms with Crippen LogP contribution in [0.1, 0.15) is 52.4 Å². The molecule has 0 aromatic rings. The highest BCUT2D eigenvalue weighted by Gasteiger charge is 2.15. The molecule has 0 fully saturated rings. The lowest BCUT2D eigenvalue weighted by atomic mass is 10.1. The molecule has 22 heavy (non-hydrogen) atoms. The summed E-state index contributed by atoms with van der Waals surface area (Å²) in [6.45, 7) is 5.58. The molecule has 0 aliphatic heterocycles. The van der Waals surface area contributed by atoms with Crippen LogP contribution in [0.4, 0.5) is 0 Å². The number of allylic oxidation sites excluding steroid dienone is 4. The molecule has 2 unspecified atom stereocenters. The molecule has 4 nitrogen and oxygen atoms in total. The fraction of sp³-hybridized carbons (Fsp3) is 0.778. The van der Waals surface area contributed by atoms with Crippen molar-refractivity contribution < 1.29 is 15.3 Å². The van der Waals surface area contributed by atoms with Gasteiger partial charge in [-0.3, -0.25) is 4.90 Å². The van der Waals surface area contributed by atoms with Gasteiger partial charge in [-0.2, -0.15) is 0 Å². The molecule has 0 saturated carbocycles. The Morgan fingerprint density at radius 2 is 1.32 bits per heavy atom. The number of rotatable bonds is 14. The second-order valence-corrected chi connectivity index (χ2v) is 5.79. The summed E-state index contributed by atoms with van der Waals surface area (Å²) in [6, 6.07) is 0. The molecule has 0 amide bonds. The molecule has 0 spiro atoms. The lowest BCUT2D eigenvalue weighted by Gasteiger charge is -2.26. The average Bonchev–Trinajstić information content (AvgIpc) is 2.48. The van der Waals surface area contributed by atoms with Gasteiger partial charge in [-0.15, -0.1) is 0 Å². The SMILES string of the molecule is C/C=C/CCCC(O)CN(CCO)CC(O)CCC/C=C/C. The van der Waals surface area contributed by atoms with E-state index in [2.05, 4.69) is 12.2 Å². The highest BCUT2D eigenvalue weighted by atomic mass is 16.3. The summed E-state index contributed by atoms with van der Waals surface area (Å²) in [4.78, 5) is 1.96.